The first-order valence-electron chi connectivity index (χ1n) is 10.6. The third-order valence-corrected chi connectivity index (χ3v) is 5.50. The fourth-order valence-corrected chi connectivity index (χ4v) is 3.78. The minimum absolute atomic E-state index is 0.0929. The van der Waals surface area contributed by atoms with Gasteiger partial charge in [-0.15, -0.1) is 0 Å². The first kappa shape index (κ1) is 23.3. The molecule has 5 nitrogen and oxygen atoms in total. The summed E-state index contributed by atoms with van der Waals surface area (Å²) in [5, 5.41) is 2.64. The molecule has 0 saturated carbocycles. The van der Waals surface area contributed by atoms with Gasteiger partial charge < -0.3 is 10.2 Å². The molecule has 0 unspecified atom stereocenters. The molecule has 0 aromatic heterocycles. The van der Waals surface area contributed by atoms with Gasteiger partial charge >= 0.3 is 12.2 Å². The SMILES string of the molecule is O=C(Nc1cccc(N2CCCN(Cc3ccc(C(F)(F)F)cc3)C2=O)c1)c1ccccc1F. The molecular formula is C25H21F4N3O2. The predicted molar refractivity (Wildman–Crippen MR) is 120 cm³/mol. The molecular weight excluding hydrogens is 450 g/mol. The summed E-state index contributed by atoms with van der Waals surface area (Å²) in [4.78, 5) is 28.6. The molecule has 4 rings (SSSR count). The molecule has 0 radical (unpaired) electrons. The monoisotopic (exact) mass is 471 g/mol. The lowest BCUT2D eigenvalue weighted by molar-refractivity contribution is -0.137. The number of hydrogen-bond donors (Lipinski definition) is 1. The van der Waals surface area contributed by atoms with Gasteiger partial charge in [0.05, 0.1) is 11.1 Å². The Kier molecular flexibility index (Phi) is 6.54. The number of halogens is 4. The van der Waals surface area contributed by atoms with Gasteiger partial charge in [0.1, 0.15) is 5.82 Å². The Morgan fingerprint density at radius 1 is 0.941 bits per heavy atom. The maximum Gasteiger partial charge on any atom is 0.416 e. The molecule has 34 heavy (non-hydrogen) atoms. The van der Waals surface area contributed by atoms with Gasteiger partial charge in [0.2, 0.25) is 0 Å². The number of benzene rings is 3. The molecule has 0 aliphatic carbocycles. The van der Waals surface area contributed by atoms with Gasteiger partial charge in [0.15, 0.2) is 0 Å². The lowest BCUT2D eigenvalue weighted by Crippen LogP contribution is -2.49. The number of alkyl halides is 3. The highest BCUT2D eigenvalue weighted by Crippen LogP contribution is 2.30. The Hall–Kier alpha value is -3.88. The van der Waals surface area contributed by atoms with Crippen LogP contribution in [0.1, 0.15) is 27.9 Å². The standard InChI is InChI=1S/C25H21F4N3O2/c26-22-8-2-1-7-21(22)23(33)30-19-5-3-6-20(15-19)32-14-4-13-31(24(32)34)16-17-9-11-18(12-10-17)25(27,28)29/h1-3,5-12,15H,4,13-14,16H2,(H,30,33). The molecule has 1 fully saturated rings. The Balaban J connectivity index is 1.46. The minimum Gasteiger partial charge on any atom is -0.322 e. The van der Waals surface area contributed by atoms with Crippen LogP contribution in [-0.2, 0) is 12.7 Å². The van der Waals surface area contributed by atoms with Crippen LogP contribution in [0.25, 0.3) is 0 Å². The Morgan fingerprint density at radius 3 is 2.38 bits per heavy atom. The van der Waals surface area contributed by atoms with E-state index >= 15 is 0 Å². The van der Waals surface area contributed by atoms with Crippen LogP contribution in [0.15, 0.2) is 72.8 Å². The van der Waals surface area contributed by atoms with Crippen molar-refractivity contribution in [1.82, 2.24) is 4.90 Å². The number of nitrogens with zero attached hydrogens (tertiary/aromatic N) is 2. The fraction of sp³-hybridized carbons (Fsp3) is 0.200. The molecule has 9 heteroatoms. The number of carbonyl (C=O) groups excluding carboxylic acids is 2. The van der Waals surface area contributed by atoms with Crippen molar-refractivity contribution >= 4 is 23.3 Å². The summed E-state index contributed by atoms with van der Waals surface area (Å²) in [6, 6.07) is 16.7. The van der Waals surface area contributed by atoms with Crippen molar-refractivity contribution in [1.29, 1.82) is 0 Å². The highest BCUT2D eigenvalue weighted by atomic mass is 19.4. The van der Waals surface area contributed by atoms with Gasteiger partial charge in [-0.05, 0) is 54.4 Å². The number of nitrogens with one attached hydrogen (secondary N) is 1. The van der Waals surface area contributed by atoms with Crippen molar-refractivity contribution in [3.8, 4) is 0 Å². The van der Waals surface area contributed by atoms with E-state index in [0.717, 1.165) is 12.1 Å². The molecule has 1 aliphatic rings. The largest absolute Gasteiger partial charge is 0.416 e. The predicted octanol–water partition coefficient (Wildman–Crippen LogP) is 5.93. The molecule has 1 aliphatic heterocycles. The number of hydrogen-bond acceptors (Lipinski definition) is 2. The first-order valence-corrected chi connectivity index (χ1v) is 10.6. The topological polar surface area (TPSA) is 52.7 Å². The number of carbonyl (C=O) groups is 2. The quantitative estimate of drug-likeness (QED) is 0.469. The molecule has 1 N–H and O–H groups in total. The van der Waals surface area contributed by atoms with Gasteiger partial charge in [0.25, 0.3) is 5.91 Å². The van der Waals surface area contributed by atoms with E-state index in [1.54, 1.807) is 40.1 Å². The van der Waals surface area contributed by atoms with Crippen molar-refractivity contribution in [2.75, 3.05) is 23.3 Å². The second-order valence-corrected chi connectivity index (χ2v) is 7.89. The Bertz CT molecular complexity index is 1200. The maximum absolute atomic E-state index is 13.9. The van der Waals surface area contributed by atoms with E-state index in [1.807, 2.05) is 0 Å². The second kappa shape index (κ2) is 9.54. The van der Waals surface area contributed by atoms with Gasteiger partial charge in [0, 0.05) is 31.0 Å². The van der Waals surface area contributed by atoms with Gasteiger partial charge in [-0.3, -0.25) is 9.69 Å². The average Bonchev–Trinajstić information content (AvgIpc) is 2.80. The molecule has 3 amide bonds. The summed E-state index contributed by atoms with van der Waals surface area (Å²) in [5.41, 5.74) is 0.711. The van der Waals surface area contributed by atoms with Crippen LogP contribution >= 0.6 is 0 Å². The van der Waals surface area contributed by atoms with E-state index in [1.165, 1.54) is 30.3 Å². The minimum atomic E-state index is -4.41. The Morgan fingerprint density at radius 2 is 1.68 bits per heavy atom. The molecule has 1 heterocycles. The smallest absolute Gasteiger partial charge is 0.322 e. The summed E-state index contributed by atoms with van der Waals surface area (Å²) in [7, 11) is 0. The van der Waals surface area contributed by atoms with Crippen LogP contribution < -0.4 is 10.2 Å². The van der Waals surface area contributed by atoms with Crippen molar-refractivity contribution in [3.05, 3.63) is 95.3 Å². The summed E-state index contributed by atoms with van der Waals surface area (Å²) < 4.78 is 52.3. The zero-order valence-corrected chi connectivity index (χ0v) is 18.0. The van der Waals surface area contributed by atoms with Crippen molar-refractivity contribution in [2.24, 2.45) is 0 Å². The average molecular weight is 471 g/mol. The number of anilines is 2. The normalized spacial score (nSPS) is 14.3. The molecule has 176 valence electrons. The van der Waals surface area contributed by atoms with E-state index in [-0.39, 0.29) is 18.1 Å². The van der Waals surface area contributed by atoms with E-state index in [2.05, 4.69) is 5.32 Å². The van der Waals surface area contributed by atoms with Crippen LogP contribution in [-0.4, -0.2) is 29.9 Å². The lowest BCUT2D eigenvalue weighted by atomic mass is 10.1. The van der Waals surface area contributed by atoms with Crippen molar-refractivity contribution in [3.63, 3.8) is 0 Å². The molecule has 0 atom stereocenters. The van der Waals surface area contributed by atoms with E-state index in [9.17, 15) is 27.2 Å². The van der Waals surface area contributed by atoms with E-state index in [4.69, 9.17) is 0 Å². The van der Waals surface area contributed by atoms with Gasteiger partial charge in [-0.1, -0.05) is 30.3 Å². The van der Waals surface area contributed by atoms with Gasteiger partial charge in [-0.25, -0.2) is 9.18 Å². The summed E-state index contributed by atoms with van der Waals surface area (Å²) >= 11 is 0. The highest BCUT2D eigenvalue weighted by molar-refractivity contribution is 6.05. The molecule has 3 aromatic rings. The molecule has 0 spiro atoms. The van der Waals surface area contributed by atoms with Crippen molar-refractivity contribution in [2.45, 2.75) is 19.1 Å². The molecule has 1 saturated heterocycles. The number of rotatable bonds is 5. The maximum atomic E-state index is 13.9. The third-order valence-electron chi connectivity index (χ3n) is 5.50. The van der Waals surface area contributed by atoms with Crippen molar-refractivity contribution < 1.29 is 27.2 Å². The van der Waals surface area contributed by atoms with Crippen LogP contribution in [0, 0.1) is 5.82 Å². The van der Waals surface area contributed by atoms with E-state index in [0.29, 0.717) is 36.4 Å². The summed E-state index contributed by atoms with van der Waals surface area (Å²) in [6.45, 7) is 1.10. The first-order chi connectivity index (χ1) is 16.2. The van der Waals surface area contributed by atoms with Crippen LogP contribution in [0.3, 0.4) is 0 Å². The highest BCUT2D eigenvalue weighted by Gasteiger charge is 2.31. The zero-order valence-electron chi connectivity index (χ0n) is 18.0. The second-order valence-electron chi connectivity index (χ2n) is 7.89. The van der Waals surface area contributed by atoms with Gasteiger partial charge in [-0.2, -0.15) is 13.2 Å². The van der Waals surface area contributed by atoms with Crippen LogP contribution in [0.2, 0.25) is 0 Å². The Labute approximate surface area is 193 Å². The number of amides is 3. The zero-order chi connectivity index (χ0) is 24.3. The molecule has 0 bridgehead atoms. The van der Waals surface area contributed by atoms with Crippen LogP contribution in [0.5, 0.6) is 0 Å². The number of urea groups is 1. The lowest BCUT2D eigenvalue weighted by Gasteiger charge is -2.36. The van der Waals surface area contributed by atoms with Crippen LogP contribution in [0.4, 0.5) is 33.7 Å². The fourth-order valence-electron chi connectivity index (χ4n) is 3.78. The summed E-state index contributed by atoms with van der Waals surface area (Å²) in [5.74, 6) is -1.24. The van der Waals surface area contributed by atoms with E-state index < -0.39 is 23.5 Å². The molecule has 3 aromatic carbocycles. The summed E-state index contributed by atoms with van der Waals surface area (Å²) in [6.07, 6.45) is -3.75. The third kappa shape index (κ3) is 5.19.